The molecule has 0 saturated carbocycles. The number of amides is 2. The third kappa shape index (κ3) is 8.59. The number of hydrogen-bond donors (Lipinski definition) is 3. The third-order valence-electron chi connectivity index (χ3n) is 7.28. The Bertz CT molecular complexity index is 1560. The molecule has 3 N–H and O–H groups in total. The topological polar surface area (TPSA) is 121 Å². The fourth-order valence-electron chi connectivity index (χ4n) is 5.10. The molecule has 0 aliphatic heterocycles. The Morgan fingerprint density at radius 2 is 1.66 bits per heavy atom. The van der Waals surface area contributed by atoms with E-state index in [-0.39, 0.29) is 23.5 Å². The number of pyridine rings is 1. The highest BCUT2D eigenvalue weighted by atomic mass is 19.2. The number of carboxylic acids is 1. The van der Waals surface area contributed by atoms with E-state index in [4.69, 9.17) is 0 Å². The highest BCUT2D eigenvalue weighted by Gasteiger charge is 2.30. The lowest BCUT2D eigenvalue weighted by Gasteiger charge is -2.25. The summed E-state index contributed by atoms with van der Waals surface area (Å²) in [7, 11) is 3.71. The van der Waals surface area contributed by atoms with Gasteiger partial charge in [-0.25, -0.2) is 8.78 Å². The smallest absolute Gasteiger partial charge is 0.305 e. The first kappa shape index (κ1) is 34.1. The van der Waals surface area contributed by atoms with Crippen molar-refractivity contribution in [1.29, 1.82) is 0 Å². The molecular weight excluding hydrogens is 570 g/mol. The van der Waals surface area contributed by atoms with Crippen LogP contribution in [0.25, 0.3) is 11.1 Å². The van der Waals surface area contributed by atoms with Gasteiger partial charge in [0.25, 0.3) is 11.5 Å². The van der Waals surface area contributed by atoms with Gasteiger partial charge in [0.2, 0.25) is 5.91 Å². The number of nitrogens with one attached hydrogen (secondary N) is 2. The second-order valence-corrected chi connectivity index (χ2v) is 11.7. The van der Waals surface area contributed by atoms with Crippen molar-refractivity contribution in [3.05, 3.63) is 92.9 Å². The molecule has 0 spiro atoms. The molecule has 0 bridgehead atoms. The third-order valence-corrected chi connectivity index (χ3v) is 7.28. The molecule has 9 nitrogen and oxygen atoms in total. The summed E-state index contributed by atoms with van der Waals surface area (Å²) in [4.78, 5) is 53.5. The maximum absolute atomic E-state index is 15.3. The van der Waals surface area contributed by atoms with Gasteiger partial charge >= 0.3 is 5.97 Å². The molecule has 11 heteroatoms. The van der Waals surface area contributed by atoms with Crippen molar-refractivity contribution in [1.82, 2.24) is 20.1 Å². The van der Waals surface area contributed by atoms with Crippen LogP contribution in [-0.2, 0) is 16.1 Å². The lowest BCUT2D eigenvalue weighted by Crippen LogP contribution is -2.49. The summed E-state index contributed by atoms with van der Waals surface area (Å²) >= 11 is 0. The van der Waals surface area contributed by atoms with Crippen LogP contribution in [0.1, 0.15) is 59.8 Å². The van der Waals surface area contributed by atoms with Gasteiger partial charge in [-0.05, 0) is 86.8 Å². The zero-order valence-corrected chi connectivity index (χ0v) is 25.9. The van der Waals surface area contributed by atoms with E-state index in [1.807, 2.05) is 64.9 Å². The molecule has 2 atom stereocenters. The zero-order chi connectivity index (χ0) is 32.7. The maximum Gasteiger partial charge on any atom is 0.305 e. The molecule has 0 fully saturated rings. The van der Waals surface area contributed by atoms with Gasteiger partial charge < -0.3 is 25.2 Å². The molecule has 2 amide bonds. The second-order valence-electron chi connectivity index (χ2n) is 11.7. The van der Waals surface area contributed by atoms with E-state index < -0.39 is 53.5 Å². The number of nitrogens with zero attached hydrogens (tertiary/aromatic N) is 2. The minimum atomic E-state index is -1.45. The van der Waals surface area contributed by atoms with Crippen LogP contribution < -0.4 is 16.2 Å². The Balaban J connectivity index is 1.96. The summed E-state index contributed by atoms with van der Waals surface area (Å²) in [5, 5.41) is 14.8. The molecule has 0 unspecified atom stereocenters. The Hall–Kier alpha value is -4.38. The van der Waals surface area contributed by atoms with E-state index in [2.05, 4.69) is 10.6 Å². The Kier molecular flexibility index (Phi) is 11.5. The van der Waals surface area contributed by atoms with Crippen LogP contribution in [0.2, 0.25) is 0 Å². The highest BCUT2D eigenvalue weighted by Crippen LogP contribution is 2.33. The second kappa shape index (κ2) is 14.9. The summed E-state index contributed by atoms with van der Waals surface area (Å²) in [5.74, 6) is -5.49. The van der Waals surface area contributed by atoms with Crippen molar-refractivity contribution in [3.63, 3.8) is 0 Å². The monoisotopic (exact) mass is 610 g/mol. The molecule has 0 aliphatic carbocycles. The van der Waals surface area contributed by atoms with Gasteiger partial charge in [-0.3, -0.25) is 19.2 Å². The van der Waals surface area contributed by atoms with Crippen LogP contribution >= 0.6 is 0 Å². The number of carboxylic acid groups (broad SMARTS) is 1. The van der Waals surface area contributed by atoms with E-state index in [9.17, 15) is 28.7 Å². The molecule has 44 heavy (non-hydrogen) atoms. The molecule has 0 aliphatic rings. The normalized spacial score (nSPS) is 12.7. The van der Waals surface area contributed by atoms with E-state index in [0.717, 1.165) is 17.2 Å². The van der Waals surface area contributed by atoms with Crippen molar-refractivity contribution in [2.75, 3.05) is 20.6 Å². The predicted octanol–water partition coefficient (Wildman–Crippen LogP) is 4.45. The van der Waals surface area contributed by atoms with Gasteiger partial charge in [-0.2, -0.15) is 0 Å². The molecule has 236 valence electrons. The molecule has 2 aromatic carbocycles. The number of carbonyl (C=O) groups is 3. The van der Waals surface area contributed by atoms with Gasteiger partial charge in [-0.1, -0.05) is 32.0 Å². The number of aliphatic carboxylic acids is 1. The molecule has 3 aromatic rings. The van der Waals surface area contributed by atoms with Gasteiger partial charge in [0.15, 0.2) is 11.6 Å². The molecule has 1 aromatic heterocycles. The number of carbonyl (C=O) groups excluding carboxylic acids is 2. The number of halogens is 2. The number of benzene rings is 2. The van der Waals surface area contributed by atoms with E-state index in [1.165, 1.54) is 16.7 Å². The van der Waals surface area contributed by atoms with Crippen molar-refractivity contribution in [2.45, 2.75) is 59.2 Å². The van der Waals surface area contributed by atoms with Crippen LogP contribution in [0.15, 0.2) is 53.5 Å². The summed E-state index contributed by atoms with van der Waals surface area (Å²) < 4.78 is 31.6. The first-order valence-corrected chi connectivity index (χ1v) is 14.4. The quantitative estimate of drug-likeness (QED) is 0.263. The predicted molar refractivity (Wildman–Crippen MR) is 164 cm³/mol. The lowest BCUT2D eigenvalue weighted by atomic mass is 9.92. The summed E-state index contributed by atoms with van der Waals surface area (Å²) in [6, 6.07) is 8.14. The van der Waals surface area contributed by atoms with Crippen LogP contribution in [0, 0.1) is 31.4 Å². The summed E-state index contributed by atoms with van der Waals surface area (Å²) in [6.07, 6.45) is 0.964. The molecular formula is C33H40F2N4O5. The molecule has 1 heterocycles. The standard InChI is InChI=1S/C33H40F2N4O5/c1-19(2)15-27(37-31(42)23-11-8-12-39(33(23)44)14-13-38(5)6)32(43)36-26(18-28(40)41)24-16-22(17-25(34)30(24)35)29-20(3)9-7-10-21(29)4/h7-12,16-17,19,26-27H,13-15,18H2,1-6H3,(H,36,43)(H,37,42)(H,40,41)/t26-,27-/m0/s1. The van der Waals surface area contributed by atoms with E-state index in [0.29, 0.717) is 24.2 Å². The van der Waals surface area contributed by atoms with Gasteiger partial charge in [0.1, 0.15) is 11.6 Å². The summed E-state index contributed by atoms with van der Waals surface area (Å²) in [5.41, 5.74) is 1.59. The number of likely N-dealkylation sites (N-methyl/N-ethyl adjacent to an activating group) is 1. The van der Waals surface area contributed by atoms with E-state index >= 15 is 4.39 Å². The highest BCUT2D eigenvalue weighted by molar-refractivity contribution is 5.97. The van der Waals surface area contributed by atoms with Crippen LogP contribution in [0.4, 0.5) is 8.78 Å². The average Bonchev–Trinajstić information content (AvgIpc) is 2.92. The van der Waals surface area contributed by atoms with Crippen molar-refractivity contribution < 1.29 is 28.3 Å². The Morgan fingerprint density at radius 3 is 2.25 bits per heavy atom. The van der Waals surface area contributed by atoms with Gasteiger partial charge in [0, 0.05) is 24.8 Å². The maximum atomic E-state index is 15.3. The van der Waals surface area contributed by atoms with Crippen LogP contribution in [0.3, 0.4) is 0 Å². The van der Waals surface area contributed by atoms with Crippen molar-refractivity contribution in [3.8, 4) is 11.1 Å². The van der Waals surface area contributed by atoms with Crippen LogP contribution in [0.5, 0.6) is 0 Å². The van der Waals surface area contributed by atoms with Crippen molar-refractivity contribution in [2.24, 2.45) is 5.92 Å². The molecule has 0 saturated heterocycles. The zero-order valence-electron chi connectivity index (χ0n) is 25.9. The number of aryl methyl sites for hydroxylation is 2. The fourth-order valence-corrected chi connectivity index (χ4v) is 5.10. The summed E-state index contributed by atoms with van der Waals surface area (Å²) in [6.45, 7) is 8.20. The van der Waals surface area contributed by atoms with Gasteiger partial charge in [-0.15, -0.1) is 0 Å². The van der Waals surface area contributed by atoms with Gasteiger partial charge in [0.05, 0.1) is 12.5 Å². The first-order valence-electron chi connectivity index (χ1n) is 14.4. The lowest BCUT2D eigenvalue weighted by molar-refractivity contribution is -0.137. The largest absolute Gasteiger partial charge is 0.481 e. The Labute approximate surface area is 255 Å². The average molecular weight is 611 g/mol. The minimum Gasteiger partial charge on any atom is -0.481 e. The first-order chi connectivity index (χ1) is 20.7. The molecule has 3 rings (SSSR count). The van der Waals surface area contributed by atoms with Crippen molar-refractivity contribution >= 4 is 17.8 Å². The fraction of sp³-hybridized carbons (Fsp3) is 0.394. The SMILES string of the molecule is Cc1cccc(C)c1-c1cc(F)c(F)c([C@H](CC(=O)O)NC(=O)[C@H](CC(C)C)NC(=O)c2cccn(CCN(C)C)c2=O)c1. The Morgan fingerprint density at radius 1 is 1.00 bits per heavy atom. The van der Waals surface area contributed by atoms with E-state index in [1.54, 1.807) is 12.3 Å². The number of aromatic nitrogens is 1. The molecule has 0 radical (unpaired) electrons. The number of rotatable bonds is 13. The number of hydrogen-bond acceptors (Lipinski definition) is 5. The van der Waals surface area contributed by atoms with Crippen LogP contribution in [-0.4, -0.2) is 59.0 Å². The minimum absolute atomic E-state index is 0.0990.